The van der Waals surface area contributed by atoms with Gasteiger partial charge in [-0.15, -0.1) is 11.8 Å². The molecule has 0 atom stereocenters. The van der Waals surface area contributed by atoms with Crippen molar-refractivity contribution in [1.82, 2.24) is 5.06 Å². The van der Waals surface area contributed by atoms with Crippen molar-refractivity contribution < 1.29 is 14.0 Å². The van der Waals surface area contributed by atoms with Crippen molar-refractivity contribution in [3.8, 4) is 0 Å². The van der Waals surface area contributed by atoms with Gasteiger partial charge in [0.1, 0.15) is 5.82 Å². The Morgan fingerprint density at radius 2 is 2.06 bits per heavy atom. The number of rotatable bonds is 5. The van der Waals surface area contributed by atoms with Gasteiger partial charge in [-0.1, -0.05) is 12.1 Å². The third kappa shape index (κ3) is 4.20. The van der Waals surface area contributed by atoms with E-state index in [1.165, 1.54) is 36.1 Å². The number of carbonyl (C=O) groups excluding carboxylic acids is 1. The number of benzene rings is 1. The molecule has 0 saturated carbocycles. The lowest BCUT2D eigenvalue weighted by molar-refractivity contribution is -0.165. The number of hydrogen-bond donors (Lipinski definition) is 0. The Kier molecular flexibility index (Phi) is 5.28. The minimum absolute atomic E-state index is 0.0883. The molecule has 1 rings (SSSR count). The van der Waals surface area contributed by atoms with Crippen molar-refractivity contribution in [3.05, 3.63) is 35.6 Å². The highest BCUT2D eigenvalue weighted by molar-refractivity contribution is 7.99. The molecule has 0 saturated heterocycles. The summed E-state index contributed by atoms with van der Waals surface area (Å²) in [5, 5.41) is 1.19. The molecule has 1 amide bonds. The maximum absolute atomic E-state index is 12.6. The smallest absolute Gasteiger partial charge is 0.255 e. The highest BCUT2D eigenvalue weighted by Gasteiger charge is 2.07. The van der Waals surface area contributed by atoms with Crippen LogP contribution < -0.4 is 0 Å². The summed E-state index contributed by atoms with van der Waals surface area (Å²) < 4.78 is 12.6. The minimum atomic E-state index is -0.246. The lowest BCUT2D eigenvalue weighted by Gasteiger charge is -2.12. The quantitative estimate of drug-likeness (QED) is 0.742. The molecule has 0 aliphatic carbocycles. The second kappa shape index (κ2) is 6.50. The van der Waals surface area contributed by atoms with E-state index < -0.39 is 0 Å². The number of hydroxylamine groups is 2. The predicted molar refractivity (Wildman–Crippen MR) is 62.3 cm³/mol. The lowest BCUT2D eigenvalue weighted by Crippen LogP contribution is -2.27. The van der Waals surface area contributed by atoms with E-state index in [-0.39, 0.29) is 11.7 Å². The Bertz CT molecular complexity index is 342. The fraction of sp³-hybridized carbons (Fsp3) is 0.364. The van der Waals surface area contributed by atoms with Gasteiger partial charge in [0, 0.05) is 12.8 Å². The summed E-state index contributed by atoms with van der Waals surface area (Å²) in [6, 6.07) is 6.26. The molecule has 16 heavy (non-hydrogen) atoms. The van der Waals surface area contributed by atoms with Gasteiger partial charge in [0.25, 0.3) is 5.91 Å². The SMILES string of the molecule is CON(C)C(=O)CSCc1ccc(F)cc1. The molecule has 3 nitrogen and oxygen atoms in total. The van der Waals surface area contributed by atoms with Gasteiger partial charge in [0.2, 0.25) is 0 Å². The van der Waals surface area contributed by atoms with E-state index in [2.05, 4.69) is 0 Å². The Labute approximate surface area is 98.5 Å². The molecule has 0 heterocycles. The van der Waals surface area contributed by atoms with E-state index in [0.29, 0.717) is 11.5 Å². The zero-order chi connectivity index (χ0) is 12.0. The average molecular weight is 243 g/mol. The molecule has 1 aromatic rings. The van der Waals surface area contributed by atoms with Crippen molar-refractivity contribution in [3.63, 3.8) is 0 Å². The molecule has 88 valence electrons. The van der Waals surface area contributed by atoms with E-state index in [1.807, 2.05) is 0 Å². The van der Waals surface area contributed by atoms with Crippen molar-refractivity contribution >= 4 is 17.7 Å². The van der Waals surface area contributed by atoms with Crippen molar-refractivity contribution in [1.29, 1.82) is 0 Å². The van der Waals surface area contributed by atoms with Gasteiger partial charge in [0.05, 0.1) is 12.9 Å². The Hall–Kier alpha value is -1.07. The molecule has 1 aromatic carbocycles. The van der Waals surface area contributed by atoms with Gasteiger partial charge in [0.15, 0.2) is 0 Å². The fourth-order valence-corrected chi connectivity index (χ4v) is 1.92. The van der Waals surface area contributed by atoms with E-state index >= 15 is 0 Å². The minimum Gasteiger partial charge on any atom is -0.275 e. The van der Waals surface area contributed by atoms with Crippen LogP contribution in [0.25, 0.3) is 0 Å². The van der Waals surface area contributed by atoms with Gasteiger partial charge >= 0.3 is 0 Å². The molecule has 0 bridgehead atoms. The molecule has 0 aliphatic heterocycles. The van der Waals surface area contributed by atoms with E-state index in [0.717, 1.165) is 5.56 Å². The number of carbonyl (C=O) groups is 1. The van der Waals surface area contributed by atoms with E-state index in [9.17, 15) is 9.18 Å². The average Bonchev–Trinajstić information content (AvgIpc) is 2.30. The van der Waals surface area contributed by atoms with E-state index in [4.69, 9.17) is 4.84 Å². The molecule has 0 unspecified atom stereocenters. The topological polar surface area (TPSA) is 29.5 Å². The van der Waals surface area contributed by atoms with Crippen LogP contribution in [0, 0.1) is 5.82 Å². The zero-order valence-electron chi connectivity index (χ0n) is 9.27. The monoisotopic (exact) mass is 243 g/mol. The van der Waals surface area contributed by atoms with Crippen molar-refractivity contribution in [2.45, 2.75) is 5.75 Å². The number of halogens is 1. The number of amides is 1. The molecular weight excluding hydrogens is 229 g/mol. The number of thioether (sulfide) groups is 1. The van der Waals surface area contributed by atoms with Gasteiger partial charge in [-0.3, -0.25) is 9.63 Å². The molecule has 0 aliphatic rings. The van der Waals surface area contributed by atoms with Crippen LogP contribution in [0.1, 0.15) is 5.56 Å². The molecule has 0 radical (unpaired) electrons. The van der Waals surface area contributed by atoms with Crippen LogP contribution >= 0.6 is 11.8 Å². The second-order valence-electron chi connectivity index (χ2n) is 3.19. The molecule has 0 fully saturated rings. The van der Waals surface area contributed by atoms with E-state index in [1.54, 1.807) is 19.2 Å². The third-order valence-corrected chi connectivity index (χ3v) is 3.02. The lowest BCUT2D eigenvalue weighted by atomic mass is 10.2. The highest BCUT2D eigenvalue weighted by Crippen LogP contribution is 2.13. The van der Waals surface area contributed by atoms with Crippen molar-refractivity contribution in [2.24, 2.45) is 0 Å². The van der Waals surface area contributed by atoms with Gasteiger partial charge in [-0.05, 0) is 17.7 Å². The summed E-state index contributed by atoms with van der Waals surface area (Å²) in [5.74, 6) is 0.698. The zero-order valence-corrected chi connectivity index (χ0v) is 10.1. The summed E-state index contributed by atoms with van der Waals surface area (Å²) in [5.41, 5.74) is 0.999. The van der Waals surface area contributed by atoms with Crippen LogP contribution in [0.4, 0.5) is 4.39 Å². The summed E-state index contributed by atoms with van der Waals surface area (Å²) >= 11 is 1.47. The van der Waals surface area contributed by atoms with Gasteiger partial charge in [-0.25, -0.2) is 9.45 Å². The van der Waals surface area contributed by atoms with Gasteiger partial charge < -0.3 is 0 Å². The molecule has 0 aromatic heterocycles. The summed E-state index contributed by atoms with van der Waals surface area (Å²) in [7, 11) is 3.02. The Morgan fingerprint density at radius 1 is 1.44 bits per heavy atom. The van der Waals surface area contributed by atoms with Crippen LogP contribution in [0.5, 0.6) is 0 Å². The van der Waals surface area contributed by atoms with Crippen LogP contribution in [-0.2, 0) is 15.4 Å². The maximum atomic E-state index is 12.6. The van der Waals surface area contributed by atoms with Crippen molar-refractivity contribution in [2.75, 3.05) is 19.9 Å². The number of nitrogens with zero attached hydrogens (tertiary/aromatic N) is 1. The third-order valence-electron chi connectivity index (χ3n) is 2.03. The summed E-state index contributed by atoms with van der Waals surface area (Å²) in [6.45, 7) is 0. The largest absolute Gasteiger partial charge is 0.275 e. The molecule has 0 N–H and O–H groups in total. The summed E-state index contributed by atoms with van der Waals surface area (Å²) in [6.07, 6.45) is 0. The normalized spacial score (nSPS) is 10.2. The maximum Gasteiger partial charge on any atom is 0.255 e. The van der Waals surface area contributed by atoms with Crippen LogP contribution in [0.3, 0.4) is 0 Å². The van der Waals surface area contributed by atoms with Crippen LogP contribution in [-0.4, -0.2) is 30.9 Å². The summed E-state index contributed by atoms with van der Waals surface area (Å²) in [4.78, 5) is 16.1. The van der Waals surface area contributed by atoms with Gasteiger partial charge in [-0.2, -0.15) is 0 Å². The van der Waals surface area contributed by atoms with Crippen LogP contribution in [0.2, 0.25) is 0 Å². The first kappa shape index (κ1) is 13.0. The first-order valence-electron chi connectivity index (χ1n) is 4.76. The molecular formula is C11H14FNO2S. The predicted octanol–water partition coefficient (Wildman–Crippen LogP) is 2.08. The molecule has 0 spiro atoms. The standard InChI is InChI=1S/C11H14FNO2S/c1-13(15-2)11(14)8-16-7-9-3-5-10(12)6-4-9/h3-6H,7-8H2,1-2H3. The second-order valence-corrected chi connectivity index (χ2v) is 4.18. The first-order valence-corrected chi connectivity index (χ1v) is 5.92. The fourth-order valence-electron chi connectivity index (χ4n) is 1.03. The Morgan fingerprint density at radius 3 is 2.62 bits per heavy atom. The highest BCUT2D eigenvalue weighted by atomic mass is 32.2. The first-order chi connectivity index (χ1) is 7.63. The Balaban J connectivity index is 2.30. The molecule has 5 heteroatoms. The van der Waals surface area contributed by atoms with Crippen LogP contribution in [0.15, 0.2) is 24.3 Å². The number of hydrogen-bond acceptors (Lipinski definition) is 3.